The second-order valence-electron chi connectivity index (χ2n) is 12.4. The number of hydrogen-bond acceptors (Lipinski definition) is 12. The fraction of sp³-hybridized carbons (Fsp3) is 0.967. The molecule has 1 aliphatic carbocycles. The maximum Gasteiger partial charge on any atom is 0.306 e. The minimum Gasteiger partial charge on any atom is -0.457 e. The number of esters is 1. The van der Waals surface area contributed by atoms with Crippen LogP contribution in [-0.4, -0.2) is 121 Å². The molecule has 1 saturated heterocycles. The van der Waals surface area contributed by atoms with Gasteiger partial charge in [0.1, 0.15) is 54.9 Å². The van der Waals surface area contributed by atoms with Crippen LogP contribution in [0.15, 0.2) is 0 Å². The predicted molar refractivity (Wildman–Crippen MR) is 152 cm³/mol. The van der Waals surface area contributed by atoms with Crippen molar-refractivity contribution in [1.82, 2.24) is 0 Å². The zero-order chi connectivity index (χ0) is 31.2. The van der Waals surface area contributed by atoms with Crippen molar-refractivity contribution in [2.75, 3.05) is 6.61 Å². The number of hydrogen-bond donors (Lipinski definition) is 8. The van der Waals surface area contributed by atoms with E-state index in [-0.39, 0.29) is 6.42 Å². The number of carbonyl (C=O) groups is 1. The Labute approximate surface area is 249 Å². The van der Waals surface area contributed by atoms with Crippen molar-refractivity contribution >= 4 is 5.97 Å². The standard InChI is InChI=1S/C30H56O12/c1-18(2)15-13-11-9-7-5-3-4-6-8-10-12-14-16-20(32)41-28-25(37)23(35)24(36)26(38)29(28)42-30-27(39)22(34)21(33)19(17-31)40-30/h18-19,21-31,33-39H,3-17H2,1-2H3/t19-,21-,22+,23+,24+,25-,26-,27-,28-,29+,30+/m1/s1. The topological polar surface area (TPSA) is 207 Å². The average molecular weight is 609 g/mol. The van der Waals surface area contributed by atoms with E-state index in [2.05, 4.69) is 13.8 Å². The van der Waals surface area contributed by atoms with Crippen LogP contribution in [0.5, 0.6) is 0 Å². The van der Waals surface area contributed by atoms with Gasteiger partial charge in [-0.2, -0.15) is 0 Å². The molecule has 2 aliphatic rings. The molecule has 2 fully saturated rings. The van der Waals surface area contributed by atoms with Gasteiger partial charge in [-0.15, -0.1) is 0 Å². The molecule has 1 aliphatic heterocycles. The Bertz CT molecular complexity index is 737. The first-order valence-electron chi connectivity index (χ1n) is 15.9. The molecule has 0 aromatic heterocycles. The third-order valence-corrected chi connectivity index (χ3v) is 8.37. The highest BCUT2D eigenvalue weighted by Gasteiger charge is 2.54. The maximum atomic E-state index is 12.6. The first-order valence-corrected chi connectivity index (χ1v) is 15.9. The van der Waals surface area contributed by atoms with E-state index >= 15 is 0 Å². The maximum absolute atomic E-state index is 12.6. The molecule has 42 heavy (non-hydrogen) atoms. The van der Waals surface area contributed by atoms with Gasteiger partial charge in [0.15, 0.2) is 12.4 Å². The summed E-state index contributed by atoms with van der Waals surface area (Å²) in [6, 6.07) is 0. The summed E-state index contributed by atoms with van der Waals surface area (Å²) in [7, 11) is 0. The SMILES string of the molecule is CC(C)CCCCCCCCCCCCCCC(=O)O[C@@H]1[C@H](O)[C@@H](O)[C@H](O)[C@@H](O)[C@@H]1O[C@@H]1O[C@H](CO)[C@@H](O)[C@H](O)[C@H]1O. The van der Waals surface area contributed by atoms with Crippen molar-refractivity contribution in [3.8, 4) is 0 Å². The lowest BCUT2D eigenvalue weighted by Gasteiger charge is -2.46. The van der Waals surface area contributed by atoms with Gasteiger partial charge in [0.25, 0.3) is 0 Å². The Balaban J connectivity index is 1.72. The second kappa shape index (κ2) is 19.5. The van der Waals surface area contributed by atoms with E-state index in [1.54, 1.807) is 0 Å². The summed E-state index contributed by atoms with van der Waals surface area (Å²) in [4.78, 5) is 12.6. The van der Waals surface area contributed by atoms with Crippen molar-refractivity contribution in [2.24, 2.45) is 5.92 Å². The number of ether oxygens (including phenoxy) is 3. The van der Waals surface area contributed by atoms with E-state index in [0.29, 0.717) is 6.42 Å². The van der Waals surface area contributed by atoms with Crippen LogP contribution < -0.4 is 0 Å². The summed E-state index contributed by atoms with van der Waals surface area (Å²) in [6.07, 6.45) is -4.06. The first kappa shape index (κ1) is 37.3. The van der Waals surface area contributed by atoms with Crippen molar-refractivity contribution in [2.45, 2.75) is 171 Å². The van der Waals surface area contributed by atoms with Gasteiger partial charge in [-0.3, -0.25) is 4.79 Å². The van der Waals surface area contributed by atoms with Crippen LogP contribution in [0, 0.1) is 5.92 Å². The van der Waals surface area contributed by atoms with E-state index < -0.39 is 79.9 Å². The number of rotatable bonds is 19. The Morgan fingerprint density at radius 2 is 1.07 bits per heavy atom. The molecule has 12 heteroatoms. The molecule has 0 aromatic rings. The lowest BCUT2D eigenvalue weighted by molar-refractivity contribution is -0.340. The minimum atomic E-state index is -1.88. The smallest absolute Gasteiger partial charge is 0.306 e. The zero-order valence-electron chi connectivity index (χ0n) is 25.2. The van der Waals surface area contributed by atoms with Gasteiger partial charge in [-0.25, -0.2) is 0 Å². The highest BCUT2D eigenvalue weighted by Crippen LogP contribution is 2.31. The van der Waals surface area contributed by atoms with Gasteiger partial charge < -0.3 is 55.1 Å². The largest absolute Gasteiger partial charge is 0.457 e. The summed E-state index contributed by atoms with van der Waals surface area (Å²) < 4.78 is 16.2. The molecule has 0 aromatic carbocycles. The molecular formula is C30H56O12. The third-order valence-electron chi connectivity index (χ3n) is 8.37. The zero-order valence-corrected chi connectivity index (χ0v) is 25.2. The van der Waals surface area contributed by atoms with Crippen LogP contribution in [0.4, 0.5) is 0 Å². The van der Waals surface area contributed by atoms with Crippen LogP contribution in [-0.2, 0) is 19.0 Å². The minimum absolute atomic E-state index is 0.0293. The molecule has 12 nitrogen and oxygen atoms in total. The summed E-state index contributed by atoms with van der Waals surface area (Å²) in [5.74, 6) is 0.0872. The molecule has 0 bridgehead atoms. The van der Waals surface area contributed by atoms with E-state index in [1.165, 1.54) is 51.4 Å². The monoisotopic (exact) mass is 608 g/mol. The van der Waals surface area contributed by atoms with Gasteiger partial charge >= 0.3 is 5.97 Å². The predicted octanol–water partition coefficient (Wildman–Crippen LogP) is 0.658. The molecule has 248 valence electrons. The molecule has 0 amide bonds. The normalized spacial score (nSPS) is 35.5. The van der Waals surface area contributed by atoms with Gasteiger partial charge in [0.2, 0.25) is 0 Å². The Hall–Kier alpha value is -0.930. The van der Waals surface area contributed by atoms with Gasteiger partial charge in [0.05, 0.1) is 6.61 Å². The van der Waals surface area contributed by atoms with Gasteiger partial charge in [-0.05, 0) is 12.3 Å². The fourth-order valence-electron chi connectivity index (χ4n) is 5.61. The van der Waals surface area contributed by atoms with E-state index in [9.17, 15) is 45.6 Å². The Morgan fingerprint density at radius 1 is 0.619 bits per heavy atom. The van der Waals surface area contributed by atoms with Crippen LogP contribution in [0.2, 0.25) is 0 Å². The molecule has 1 saturated carbocycles. The average Bonchev–Trinajstić information content (AvgIpc) is 2.96. The van der Waals surface area contributed by atoms with Crippen molar-refractivity contribution in [3.63, 3.8) is 0 Å². The van der Waals surface area contributed by atoms with Crippen molar-refractivity contribution in [3.05, 3.63) is 0 Å². The number of unbranched alkanes of at least 4 members (excludes halogenated alkanes) is 11. The highest BCUT2D eigenvalue weighted by molar-refractivity contribution is 5.69. The van der Waals surface area contributed by atoms with E-state index in [1.807, 2.05) is 0 Å². The summed E-state index contributed by atoms with van der Waals surface area (Å²) in [6.45, 7) is 3.81. The molecule has 8 N–H and O–H groups in total. The van der Waals surface area contributed by atoms with Gasteiger partial charge in [0, 0.05) is 6.42 Å². The molecule has 0 unspecified atom stereocenters. The molecular weight excluding hydrogens is 552 g/mol. The van der Waals surface area contributed by atoms with Crippen LogP contribution in [0.1, 0.15) is 104 Å². The van der Waals surface area contributed by atoms with Crippen LogP contribution in [0.3, 0.4) is 0 Å². The fourth-order valence-corrected chi connectivity index (χ4v) is 5.61. The molecule has 0 spiro atoms. The first-order chi connectivity index (χ1) is 20.0. The summed E-state index contributed by atoms with van der Waals surface area (Å²) >= 11 is 0. The number of carbonyl (C=O) groups excluding carboxylic acids is 1. The molecule has 2 rings (SSSR count). The summed E-state index contributed by atoms with van der Waals surface area (Å²) in [5, 5.41) is 81.1. The molecule has 0 radical (unpaired) electrons. The quantitative estimate of drug-likeness (QED) is 0.0752. The summed E-state index contributed by atoms with van der Waals surface area (Å²) in [5.41, 5.74) is 0. The number of aliphatic hydroxyl groups is 8. The van der Waals surface area contributed by atoms with Crippen LogP contribution in [0.25, 0.3) is 0 Å². The second-order valence-corrected chi connectivity index (χ2v) is 12.4. The van der Waals surface area contributed by atoms with Gasteiger partial charge in [-0.1, -0.05) is 90.9 Å². The van der Waals surface area contributed by atoms with E-state index in [0.717, 1.165) is 31.6 Å². The molecule has 11 atom stereocenters. The van der Waals surface area contributed by atoms with Crippen LogP contribution >= 0.6 is 0 Å². The Kier molecular flexibility index (Phi) is 17.3. The Morgan fingerprint density at radius 3 is 1.57 bits per heavy atom. The molecule has 1 heterocycles. The third kappa shape index (κ3) is 11.5. The van der Waals surface area contributed by atoms with Crippen molar-refractivity contribution in [1.29, 1.82) is 0 Å². The van der Waals surface area contributed by atoms with E-state index in [4.69, 9.17) is 14.2 Å². The number of aliphatic hydroxyl groups excluding tert-OH is 8. The lowest BCUT2D eigenvalue weighted by Crippen LogP contribution is -2.67. The highest BCUT2D eigenvalue weighted by atomic mass is 16.7. The lowest BCUT2D eigenvalue weighted by atomic mass is 9.84. The van der Waals surface area contributed by atoms with Crippen molar-refractivity contribution < 1.29 is 59.9 Å².